The number of aliphatic carboxylic acids is 1. The van der Waals surface area contributed by atoms with Gasteiger partial charge < -0.3 is 30.5 Å². The third kappa shape index (κ3) is 6.04. The molecule has 0 aromatic carbocycles. The van der Waals surface area contributed by atoms with E-state index in [0.29, 0.717) is 12.8 Å². The summed E-state index contributed by atoms with van der Waals surface area (Å²) in [5.74, 6) is -2.51. The van der Waals surface area contributed by atoms with E-state index < -0.39 is 53.2 Å². The van der Waals surface area contributed by atoms with Crippen LogP contribution in [-0.2, 0) is 19.1 Å². The number of carbonyl (C=O) groups excluding carboxylic acids is 3. The van der Waals surface area contributed by atoms with Crippen molar-refractivity contribution in [3.8, 4) is 0 Å². The first-order valence-electron chi connectivity index (χ1n) is 11.6. The Morgan fingerprint density at radius 1 is 1.24 bits per heavy atom. The van der Waals surface area contributed by atoms with Gasteiger partial charge in [0.2, 0.25) is 11.8 Å². The fourth-order valence-electron chi connectivity index (χ4n) is 4.53. The number of carbonyl (C=O) groups is 4. The second-order valence-corrected chi connectivity index (χ2v) is 10.2. The first kappa shape index (κ1) is 25.0. The van der Waals surface area contributed by atoms with Gasteiger partial charge in [0.05, 0.1) is 6.10 Å². The molecule has 1 aliphatic carbocycles. The Bertz CT molecular complexity index is 821. The minimum absolute atomic E-state index is 0.00688. The summed E-state index contributed by atoms with van der Waals surface area (Å²) in [6, 6.07) is -1.93. The Morgan fingerprint density at radius 3 is 2.64 bits per heavy atom. The molecule has 10 heteroatoms. The summed E-state index contributed by atoms with van der Waals surface area (Å²) in [6.45, 7) is 5.10. The third-order valence-electron chi connectivity index (χ3n) is 6.33. The topological polar surface area (TPSA) is 145 Å². The van der Waals surface area contributed by atoms with E-state index >= 15 is 0 Å². The second-order valence-electron chi connectivity index (χ2n) is 10.2. The van der Waals surface area contributed by atoms with Crippen molar-refractivity contribution in [3.63, 3.8) is 0 Å². The average Bonchev–Trinajstić information content (AvgIpc) is 3.25. The molecule has 10 nitrogen and oxygen atoms in total. The first-order valence-corrected chi connectivity index (χ1v) is 11.6. The Hall–Kier alpha value is -2.62. The molecule has 0 spiro atoms. The van der Waals surface area contributed by atoms with Crippen LogP contribution in [0.4, 0.5) is 4.79 Å². The summed E-state index contributed by atoms with van der Waals surface area (Å²) in [4.78, 5) is 52.0. The molecule has 4 N–H and O–H groups in total. The van der Waals surface area contributed by atoms with Gasteiger partial charge in [-0.15, -0.1) is 0 Å². The van der Waals surface area contributed by atoms with Crippen molar-refractivity contribution in [2.24, 2.45) is 5.92 Å². The Labute approximate surface area is 193 Å². The van der Waals surface area contributed by atoms with Crippen molar-refractivity contribution in [2.75, 3.05) is 6.54 Å². The van der Waals surface area contributed by atoms with Gasteiger partial charge >= 0.3 is 12.1 Å². The summed E-state index contributed by atoms with van der Waals surface area (Å²) in [6.07, 6.45) is 5.91. The minimum atomic E-state index is -1.38. The molecular weight excluding hydrogens is 430 g/mol. The number of alkyl carbamates (subject to hydrolysis) is 1. The molecule has 1 saturated heterocycles. The molecule has 184 valence electrons. The minimum Gasteiger partial charge on any atom is -0.479 e. The molecule has 0 aromatic rings. The van der Waals surface area contributed by atoms with Gasteiger partial charge in [0.15, 0.2) is 0 Å². The smallest absolute Gasteiger partial charge is 0.408 e. The molecule has 0 radical (unpaired) electrons. The highest BCUT2D eigenvalue weighted by atomic mass is 16.6. The number of nitrogens with zero attached hydrogens (tertiary/aromatic N) is 1. The Balaban J connectivity index is 1.83. The van der Waals surface area contributed by atoms with Gasteiger partial charge in [-0.3, -0.25) is 9.59 Å². The average molecular weight is 466 g/mol. The molecule has 3 amide bonds. The van der Waals surface area contributed by atoms with Crippen LogP contribution >= 0.6 is 0 Å². The summed E-state index contributed by atoms with van der Waals surface area (Å²) >= 11 is 0. The van der Waals surface area contributed by atoms with Gasteiger partial charge in [-0.1, -0.05) is 25.0 Å². The lowest BCUT2D eigenvalue weighted by atomic mass is 10.0. The van der Waals surface area contributed by atoms with Crippen LogP contribution in [0.1, 0.15) is 65.7 Å². The number of aliphatic hydroxyl groups is 1. The van der Waals surface area contributed by atoms with Crippen LogP contribution in [0.25, 0.3) is 0 Å². The van der Waals surface area contributed by atoms with Gasteiger partial charge in [-0.25, -0.2) is 9.59 Å². The van der Waals surface area contributed by atoms with Crippen molar-refractivity contribution >= 4 is 23.9 Å². The Morgan fingerprint density at radius 2 is 1.97 bits per heavy atom. The van der Waals surface area contributed by atoms with E-state index in [-0.39, 0.29) is 25.3 Å². The maximum atomic E-state index is 13.4. The number of fused-ring (bicyclic) bond motifs is 2. The number of carboxylic acid groups (broad SMARTS) is 1. The molecule has 1 unspecified atom stereocenters. The monoisotopic (exact) mass is 465 g/mol. The number of hydrogen-bond acceptors (Lipinski definition) is 6. The van der Waals surface area contributed by atoms with Crippen LogP contribution in [0, 0.1) is 5.92 Å². The lowest BCUT2D eigenvalue weighted by Gasteiger charge is -2.30. The van der Waals surface area contributed by atoms with Crippen molar-refractivity contribution < 1.29 is 34.1 Å². The van der Waals surface area contributed by atoms with E-state index in [1.807, 2.05) is 12.2 Å². The Kier molecular flexibility index (Phi) is 7.36. The standard InChI is InChI=1S/C23H35N3O7/c1-22(2,3)33-21(32)24-16-10-8-6-4-5-7-9-14-12-23(14,20(30)31)25-18(28)17-11-15(27)13-26(17)19(16)29/h7,9,14-17,27H,4-6,8,10-13H2,1-3H3,(H,24,32)(H,25,28)(H,30,31)/b9-7-/t14?,15-,16+,17+,23-/m1/s1. The van der Waals surface area contributed by atoms with E-state index in [9.17, 15) is 29.4 Å². The molecule has 0 bridgehead atoms. The quantitative estimate of drug-likeness (QED) is 0.450. The fraction of sp³-hybridized carbons (Fsp3) is 0.739. The maximum absolute atomic E-state index is 13.4. The van der Waals surface area contributed by atoms with Crippen molar-refractivity contribution in [2.45, 2.75) is 95.0 Å². The molecule has 3 aliphatic rings. The molecule has 3 rings (SSSR count). The van der Waals surface area contributed by atoms with Gasteiger partial charge in [0.1, 0.15) is 23.2 Å². The van der Waals surface area contributed by atoms with Gasteiger partial charge in [0, 0.05) is 18.9 Å². The number of rotatable bonds is 2. The van der Waals surface area contributed by atoms with E-state index in [1.54, 1.807) is 20.8 Å². The predicted molar refractivity (Wildman–Crippen MR) is 118 cm³/mol. The summed E-state index contributed by atoms with van der Waals surface area (Å²) < 4.78 is 5.30. The molecule has 1 saturated carbocycles. The predicted octanol–water partition coefficient (Wildman–Crippen LogP) is 1.32. The van der Waals surface area contributed by atoms with Crippen LogP contribution in [-0.4, -0.2) is 74.9 Å². The number of nitrogens with one attached hydrogen (secondary N) is 2. The molecule has 2 fully saturated rings. The van der Waals surface area contributed by atoms with Crippen molar-refractivity contribution in [1.29, 1.82) is 0 Å². The largest absolute Gasteiger partial charge is 0.479 e. The van der Waals surface area contributed by atoms with Gasteiger partial charge in [0.25, 0.3) is 0 Å². The van der Waals surface area contributed by atoms with Crippen LogP contribution in [0.3, 0.4) is 0 Å². The van der Waals surface area contributed by atoms with E-state index in [1.165, 1.54) is 4.90 Å². The fourth-order valence-corrected chi connectivity index (χ4v) is 4.53. The number of allylic oxidation sites excluding steroid dienone is 1. The highest BCUT2D eigenvalue weighted by molar-refractivity contribution is 5.96. The number of ether oxygens (including phenoxy) is 1. The highest BCUT2D eigenvalue weighted by Crippen LogP contribution is 2.45. The van der Waals surface area contributed by atoms with Crippen LogP contribution in [0.2, 0.25) is 0 Å². The molecule has 2 heterocycles. The summed E-state index contributed by atoms with van der Waals surface area (Å²) in [5, 5.41) is 25.2. The zero-order valence-corrected chi connectivity index (χ0v) is 19.5. The van der Waals surface area contributed by atoms with Crippen molar-refractivity contribution in [3.05, 3.63) is 12.2 Å². The summed E-state index contributed by atoms with van der Waals surface area (Å²) in [5.41, 5.74) is -2.12. The van der Waals surface area contributed by atoms with E-state index in [4.69, 9.17) is 4.74 Å². The number of aliphatic hydroxyl groups excluding tert-OH is 1. The number of hydrogen-bond donors (Lipinski definition) is 4. The van der Waals surface area contributed by atoms with Gasteiger partial charge in [-0.05, 0) is 46.5 Å². The number of amides is 3. The zero-order valence-electron chi connectivity index (χ0n) is 19.5. The normalized spacial score (nSPS) is 34.1. The molecule has 33 heavy (non-hydrogen) atoms. The molecular formula is C23H35N3O7. The van der Waals surface area contributed by atoms with Crippen LogP contribution < -0.4 is 10.6 Å². The summed E-state index contributed by atoms with van der Waals surface area (Å²) in [7, 11) is 0. The lowest BCUT2D eigenvalue weighted by molar-refractivity contribution is -0.145. The van der Waals surface area contributed by atoms with Gasteiger partial charge in [-0.2, -0.15) is 0 Å². The molecule has 2 aliphatic heterocycles. The van der Waals surface area contributed by atoms with Crippen LogP contribution in [0.5, 0.6) is 0 Å². The highest BCUT2D eigenvalue weighted by Gasteiger charge is 2.61. The SMILES string of the molecule is CC(C)(C)OC(=O)N[C@H]1CCCCC/C=C\C2C[C@@]2(C(=O)O)NC(=O)[C@@H]2C[C@@H](O)CN2C1=O. The third-order valence-corrected chi connectivity index (χ3v) is 6.33. The zero-order chi connectivity index (χ0) is 24.4. The van der Waals surface area contributed by atoms with Crippen LogP contribution in [0.15, 0.2) is 12.2 Å². The first-order chi connectivity index (χ1) is 15.4. The lowest BCUT2D eigenvalue weighted by Crippen LogP contribution is -2.56. The second kappa shape index (κ2) is 9.70. The van der Waals surface area contributed by atoms with Crippen molar-refractivity contribution in [1.82, 2.24) is 15.5 Å². The van der Waals surface area contributed by atoms with E-state index in [0.717, 1.165) is 19.3 Å². The molecule has 0 aromatic heterocycles. The molecule has 5 atom stereocenters. The number of carboxylic acids is 1. The van der Waals surface area contributed by atoms with E-state index in [2.05, 4.69) is 10.6 Å². The maximum Gasteiger partial charge on any atom is 0.408 e.